The average molecular weight is 346 g/mol. The van der Waals surface area contributed by atoms with E-state index in [1.54, 1.807) is 12.4 Å². The van der Waals surface area contributed by atoms with Crippen LogP contribution in [0.2, 0.25) is 0 Å². The molecular formula is C21H22N4O. The quantitative estimate of drug-likeness (QED) is 0.875. The van der Waals surface area contributed by atoms with Gasteiger partial charge in [0.15, 0.2) is 11.7 Å². The zero-order valence-corrected chi connectivity index (χ0v) is 15.0. The molecule has 2 aliphatic rings. The molecule has 2 atom stereocenters. The molecule has 4 rings (SSSR count). The number of Topliss-reactive ketones (excluding diaryl/α,β-unsaturated/α-hetero) is 1. The first-order chi connectivity index (χ1) is 12.5. The summed E-state index contributed by atoms with van der Waals surface area (Å²) < 4.78 is 0. The van der Waals surface area contributed by atoms with E-state index in [1.165, 1.54) is 0 Å². The fourth-order valence-electron chi connectivity index (χ4n) is 4.30. The molecule has 3 N–H and O–H groups in total. The van der Waals surface area contributed by atoms with Crippen molar-refractivity contribution in [2.24, 2.45) is 10.7 Å². The van der Waals surface area contributed by atoms with Gasteiger partial charge in [-0.05, 0) is 55.0 Å². The molecule has 0 amide bonds. The second-order valence-corrected chi connectivity index (χ2v) is 7.29. The Morgan fingerprint density at radius 3 is 2.73 bits per heavy atom. The van der Waals surface area contributed by atoms with Crippen molar-refractivity contribution in [2.75, 3.05) is 0 Å². The third-order valence-electron chi connectivity index (χ3n) is 5.32. The fraction of sp³-hybridized carbons (Fsp3) is 0.286. The summed E-state index contributed by atoms with van der Waals surface area (Å²) in [7, 11) is 0. The molecule has 0 spiro atoms. The zero-order valence-electron chi connectivity index (χ0n) is 15.0. The summed E-state index contributed by atoms with van der Waals surface area (Å²) in [4.78, 5) is 21.5. The second-order valence-electron chi connectivity index (χ2n) is 7.29. The number of pyridine rings is 1. The molecule has 1 aromatic heterocycles. The lowest BCUT2D eigenvalue weighted by Crippen LogP contribution is -2.48. The van der Waals surface area contributed by atoms with Gasteiger partial charge < -0.3 is 11.1 Å². The third-order valence-corrected chi connectivity index (χ3v) is 5.32. The van der Waals surface area contributed by atoms with Crippen LogP contribution in [0.4, 0.5) is 0 Å². The smallest absolute Gasteiger partial charge is 0.193 e. The Hall–Kier alpha value is -2.95. The Kier molecular flexibility index (Phi) is 3.87. The van der Waals surface area contributed by atoms with E-state index in [1.807, 2.05) is 26.0 Å². The fourth-order valence-corrected chi connectivity index (χ4v) is 4.30. The van der Waals surface area contributed by atoms with Crippen LogP contribution in [0.15, 0.2) is 65.1 Å². The first kappa shape index (κ1) is 16.5. The molecule has 0 bridgehead atoms. The second kappa shape index (κ2) is 6.09. The molecule has 1 aliphatic heterocycles. The monoisotopic (exact) mass is 346 g/mol. The van der Waals surface area contributed by atoms with Gasteiger partial charge in [-0.2, -0.15) is 0 Å². The van der Waals surface area contributed by atoms with Gasteiger partial charge in [0.05, 0.1) is 5.54 Å². The zero-order chi connectivity index (χ0) is 18.3. The van der Waals surface area contributed by atoms with Crippen LogP contribution in [-0.4, -0.2) is 22.3 Å². The minimum atomic E-state index is -0.563. The van der Waals surface area contributed by atoms with Crippen molar-refractivity contribution in [3.05, 3.63) is 65.6 Å². The summed E-state index contributed by atoms with van der Waals surface area (Å²) in [5.41, 5.74) is 10.4. The summed E-state index contributed by atoms with van der Waals surface area (Å²) >= 11 is 0. The van der Waals surface area contributed by atoms with Gasteiger partial charge in [-0.25, -0.2) is 4.99 Å². The number of carbonyl (C=O) groups excluding carboxylic acids is 1. The third kappa shape index (κ3) is 2.79. The summed E-state index contributed by atoms with van der Waals surface area (Å²) in [5, 5.41) is 3.00. The van der Waals surface area contributed by atoms with Crippen LogP contribution >= 0.6 is 0 Å². The predicted molar refractivity (Wildman–Crippen MR) is 103 cm³/mol. The number of aromatic nitrogens is 1. The minimum absolute atomic E-state index is 0.125. The van der Waals surface area contributed by atoms with Crippen molar-refractivity contribution >= 4 is 11.7 Å². The van der Waals surface area contributed by atoms with E-state index in [9.17, 15) is 4.79 Å². The molecule has 26 heavy (non-hydrogen) atoms. The first-order valence-electron chi connectivity index (χ1n) is 8.83. The molecule has 0 saturated heterocycles. The Morgan fingerprint density at radius 2 is 1.96 bits per heavy atom. The molecule has 2 unspecified atom stereocenters. The van der Waals surface area contributed by atoms with Crippen molar-refractivity contribution in [3.8, 4) is 11.1 Å². The van der Waals surface area contributed by atoms with Crippen molar-refractivity contribution in [1.29, 1.82) is 0 Å². The molecule has 132 valence electrons. The van der Waals surface area contributed by atoms with Gasteiger partial charge >= 0.3 is 0 Å². The summed E-state index contributed by atoms with van der Waals surface area (Å²) in [5.74, 6) is 0.660. The van der Waals surface area contributed by atoms with Gasteiger partial charge in [0.2, 0.25) is 0 Å². The molecule has 1 saturated carbocycles. The van der Waals surface area contributed by atoms with E-state index in [0.29, 0.717) is 12.4 Å². The van der Waals surface area contributed by atoms with Gasteiger partial charge in [-0.3, -0.25) is 9.78 Å². The van der Waals surface area contributed by atoms with E-state index in [4.69, 9.17) is 5.73 Å². The Bertz CT molecular complexity index is 932. The van der Waals surface area contributed by atoms with Crippen molar-refractivity contribution in [2.45, 2.75) is 38.1 Å². The number of fused-ring (bicyclic) bond motifs is 1. The van der Waals surface area contributed by atoms with Crippen LogP contribution in [0.25, 0.3) is 11.1 Å². The molecule has 5 nitrogen and oxygen atoms in total. The number of ketones is 1. The highest BCUT2D eigenvalue weighted by Crippen LogP contribution is 2.44. The number of nitrogens with one attached hydrogen (secondary N) is 1. The van der Waals surface area contributed by atoms with Crippen LogP contribution in [0.1, 0.15) is 38.2 Å². The number of rotatable bonds is 2. The van der Waals surface area contributed by atoms with Crippen LogP contribution in [0, 0.1) is 0 Å². The van der Waals surface area contributed by atoms with E-state index in [-0.39, 0.29) is 11.7 Å². The van der Waals surface area contributed by atoms with Gasteiger partial charge in [-0.1, -0.05) is 24.3 Å². The number of benzene rings is 1. The largest absolute Gasteiger partial charge is 0.370 e. The van der Waals surface area contributed by atoms with E-state index in [2.05, 4.69) is 39.6 Å². The van der Waals surface area contributed by atoms with Crippen molar-refractivity contribution in [3.63, 3.8) is 0 Å². The maximum Gasteiger partial charge on any atom is 0.193 e. The van der Waals surface area contributed by atoms with Gasteiger partial charge in [0, 0.05) is 30.1 Å². The van der Waals surface area contributed by atoms with Crippen LogP contribution < -0.4 is 11.1 Å². The summed E-state index contributed by atoms with van der Waals surface area (Å²) in [6.07, 6.45) is 4.85. The lowest BCUT2D eigenvalue weighted by atomic mass is 9.69. The molecule has 1 fully saturated rings. The Labute approximate surface area is 153 Å². The summed E-state index contributed by atoms with van der Waals surface area (Å²) in [6.45, 7) is 3.91. The predicted octanol–water partition coefficient (Wildman–Crippen LogP) is 3.15. The van der Waals surface area contributed by atoms with Crippen molar-refractivity contribution in [1.82, 2.24) is 10.3 Å². The number of aliphatic imine (C=N–C) groups is 1. The van der Waals surface area contributed by atoms with E-state index < -0.39 is 5.54 Å². The molecule has 0 radical (unpaired) electrons. The molecule has 1 aromatic carbocycles. The lowest BCUT2D eigenvalue weighted by molar-refractivity contribution is -0.117. The number of hydrogen-bond acceptors (Lipinski definition) is 5. The van der Waals surface area contributed by atoms with Gasteiger partial charge in [-0.15, -0.1) is 0 Å². The van der Waals surface area contributed by atoms with E-state index in [0.717, 1.165) is 34.4 Å². The Balaban J connectivity index is 1.70. The highest BCUT2D eigenvalue weighted by atomic mass is 16.1. The topological polar surface area (TPSA) is 80.4 Å². The molecule has 2 heterocycles. The standard InChI is InChI=1S/C21H22N4O/c1-13-19-18(26)11-17(12-21(19,2)25-20(22)24-13)16-5-3-4-15(10-16)14-6-8-23-9-7-14/h3-10,17H,11-12H2,1-2H3,(H3,22,24,25). The highest BCUT2D eigenvalue weighted by Gasteiger charge is 2.44. The highest BCUT2D eigenvalue weighted by molar-refractivity contribution is 6.02. The maximum absolute atomic E-state index is 12.9. The number of nitrogens with zero attached hydrogens (tertiary/aromatic N) is 2. The van der Waals surface area contributed by atoms with Crippen LogP contribution in [-0.2, 0) is 4.79 Å². The maximum atomic E-state index is 12.9. The molecule has 5 heteroatoms. The van der Waals surface area contributed by atoms with Crippen LogP contribution in [0.3, 0.4) is 0 Å². The number of guanidine groups is 1. The SMILES string of the molecule is CC1=C2C(=O)CC(c3cccc(-c4ccncc4)c3)CC2(C)N=C(N)N1. The average Bonchev–Trinajstić information content (AvgIpc) is 2.61. The number of carbonyl (C=O) groups is 1. The number of hydrogen-bond donors (Lipinski definition) is 2. The van der Waals surface area contributed by atoms with Crippen LogP contribution in [0.5, 0.6) is 0 Å². The summed E-state index contributed by atoms with van der Waals surface area (Å²) in [6, 6.07) is 12.4. The Morgan fingerprint density at radius 1 is 1.19 bits per heavy atom. The number of allylic oxidation sites excluding steroid dienone is 1. The van der Waals surface area contributed by atoms with E-state index >= 15 is 0 Å². The molecule has 1 aliphatic carbocycles. The minimum Gasteiger partial charge on any atom is -0.370 e. The first-order valence-corrected chi connectivity index (χ1v) is 8.83. The number of nitrogens with two attached hydrogens (primary N) is 1. The van der Waals surface area contributed by atoms with Gasteiger partial charge in [0.25, 0.3) is 0 Å². The van der Waals surface area contributed by atoms with Gasteiger partial charge in [0.1, 0.15) is 0 Å². The van der Waals surface area contributed by atoms with Crippen molar-refractivity contribution < 1.29 is 4.79 Å². The lowest BCUT2D eigenvalue weighted by Gasteiger charge is -2.40. The molecule has 2 aromatic rings. The normalized spacial score (nSPS) is 25.4. The molecular weight excluding hydrogens is 324 g/mol.